The van der Waals surface area contributed by atoms with Gasteiger partial charge in [0.05, 0.1) is 63.2 Å². The topological polar surface area (TPSA) is 336 Å². The van der Waals surface area contributed by atoms with Crippen molar-refractivity contribution in [2.45, 2.75) is 74.5 Å². The van der Waals surface area contributed by atoms with Crippen LogP contribution >= 0.6 is 85.5 Å². The fraction of sp³-hybridized carbons (Fsp3) is 0.280. The first-order valence-corrected chi connectivity index (χ1v) is 27.0. The van der Waals surface area contributed by atoms with Crippen LogP contribution in [0.25, 0.3) is 0 Å². The number of carbonyl (C=O) groups is 6. The Morgan fingerprint density at radius 1 is 0.543 bits per heavy atom. The van der Waals surface area contributed by atoms with Crippen LogP contribution in [-0.2, 0) is 29.6 Å². The molecule has 4 aliphatic rings. The zero-order valence-corrected chi connectivity index (χ0v) is 62.6. The normalized spacial score (nSPS) is 13.0. The molecule has 6 N–H and O–H groups in total. The molecule has 0 heterocycles. The number of esters is 2. The van der Waals surface area contributed by atoms with Crippen molar-refractivity contribution in [2.75, 3.05) is 14.2 Å². The monoisotopic (exact) mass is 1570 g/mol. The maximum absolute atomic E-state index is 11.5. The molecular formula is C50H49BrCl6Cs2O21S. The van der Waals surface area contributed by atoms with Gasteiger partial charge in [-0.15, -0.1) is 0 Å². The number of ether oxygens (including phenoxy) is 5. The summed E-state index contributed by atoms with van der Waals surface area (Å²) >= 11 is 37.5. The van der Waals surface area contributed by atoms with Gasteiger partial charge in [-0.2, -0.15) is 8.42 Å². The number of rotatable bonds is 12. The van der Waals surface area contributed by atoms with E-state index in [0.29, 0.717) is 32.9 Å². The third-order valence-corrected chi connectivity index (χ3v) is 12.0. The molecule has 0 spiro atoms. The molecule has 0 amide bonds. The largest absolute Gasteiger partial charge is 1.00 e. The minimum absolute atomic E-state index is 0. The van der Waals surface area contributed by atoms with Crippen LogP contribution in [0.3, 0.4) is 0 Å². The Morgan fingerprint density at radius 2 is 0.802 bits per heavy atom. The van der Waals surface area contributed by atoms with Crippen molar-refractivity contribution >= 4 is 132 Å². The number of phenols is 2. The predicted octanol–water partition coefficient (Wildman–Crippen LogP) is 5.53. The average Bonchev–Trinajstić information content (AvgIpc) is 4.13. The van der Waals surface area contributed by atoms with Gasteiger partial charge in [0.1, 0.15) is 51.0 Å². The van der Waals surface area contributed by atoms with E-state index in [2.05, 4.69) is 30.3 Å². The zero-order chi connectivity index (χ0) is 59.6. The van der Waals surface area contributed by atoms with Crippen molar-refractivity contribution in [3.63, 3.8) is 0 Å². The van der Waals surface area contributed by atoms with E-state index < -0.39 is 39.5 Å². The SMILES string of the molecule is BrC1CC1.COC(=O)c1c(Cl)cccc1OC1CC1.COC(=O)c1c(O)cccc1Cl.O=C(Cl)c1c(Cl)cccc1OC1CC1.O=C(O)c1c(Cl)cccc1OC1CC1.O=C(O)c1c(O)cccc1Cl.O=CO[O-].O=S(=O)(O)O.[Cs+].[Cs+].[H-]. The third kappa shape index (κ3) is 33.1. The van der Waals surface area contributed by atoms with Gasteiger partial charge < -0.3 is 55.7 Å². The molecule has 4 saturated carbocycles. The maximum Gasteiger partial charge on any atom is 1.00 e. The number of benzene rings is 5. The molecule has 81 heavy (non-hydrogen) atoms. The Bertz CT molecular complexity index is 2870. The molecule has 432 valence electrons. The second-order valence-electron chi connectivity index (χ2n) is 15.7. The van der Waals surface area contributed by atoms with E-state index in [4.69, 9.17) is 127 Å². The molecule has 0 unspecified atom stereocenters. The number of carbonyl (C=O) groups excluding carboxylic acids is 4. The van der Waals surface area contributed by atoms with Crippen molar-refractivity contribution in [1.82, 2.24) is 0 Å². The van der Waals surface area contributed by atoms with Gasteiger partial charge in [0.2, 0.25) is 0 Å². The van der Waals surface area contributed by atoms with E-state index in [1.165, 1.54) is 57.4 Å². The van der Waals surface area contributed by atoms with Crippen LogP contribution in [0.4, 0.5) is 0 Å². The molecule has 0 atom stereocenters. The number of hydrogen-bond acceptors (Lipinski definition) is 17. The van der Waals surface area contributed by atoms with Crippen molar-refractivity contribution in [3.05, 3.63) is 144 Å². The molecule has 5 aromatic carbocycles. The number of halogens is 7. The Hall–Kier alpha value is -1.73. The minimum Gasteiger partial charge on any atom is -1.00 e. The quantitative estimate of drug-likeness (QED) is 0.0170. The maximum atomic E-state index is 11.5. The zero-order valence-electron chi connectivity index (χ0n) is 44.1. The van der Waals surface area contributed by atoms with E-state index in [-0.39, 0.29) is 213 Å². The summed E-state index contributed by atoms with van der Waals surface area (Å²) in [6.45, 7) is -0.181. The predicted molar refractivity (Wildman–Crippen MR) is 293 cm³/mol. The Morgan fingerprint density at radius 3 is 1.06 bits per heavy atom. The number of phenolic OH excluding ortho intramolecular Hbond substituents is 1. The second-order valence-corrected chi connectivity index (χ2v) is 20.3. The van der Waals surface area contributed by atoms with Gasteiger partial charge >= 0.3 is 172 Å². The van der Waals surface area contributed by atoms with Crippen LogP contribution in [0.15, 0.2) is 91.0 Å². The van der Waals surface area contributed by atoms with Crippen LogP contribution < -0.4 is 157 Å². The van der Waals surface area contributed by atoms with E-state index in [9.17, 15) is 29.1 Å². The van der Waals surface area contributed by atoms with Gasteiger partial charge in [0, 0.05) is 4.83 Å². The van der Waals surface area contributed by atoms with Crippen LogP contribution in [0, 0.1) is 0 Å². The molecule has 4 fully saturated rings. The molecule has 0 aliphatic heterocycles. The molecule has 9 rings (SSSR count). The molecule has 0 bridgehead atoms. The van der Waals surface area contributed by atoms with Gasteiger partial charge in [-0.3, -0.25) is 18.7 Å². The Kier molecular flexibility index (Phi) is 40.5. The van der Waals surface area contributed by atoms with Gasteiger partial charge in [0.15, 0.2) is 0 Å². The van der Waals surface area contributed by atoms with Gasteiger partial charge in [-0.25, -0.2) is 19.2 Å². The Labute approximate surface area is 622 Å². The summed E-state index contributed by atoms with van der Waals surface area (Å²) in [5.74, 6) is -2.50. The Balaban J connectivity index is 0. The molecular weight excluding hydrogens is 1530 g/mol. The number of carboxylic acid groups (broad SMARTS) is 2. The van der Waals surface area contributed by atoms with Crippen molar-refractivity contribution in [1.29, 1.82) is 0 Å². The summed E-state index contributed by atoms with van der Waals surface area (Å²) in [5.41, 5.74) is 0.383. The van der Waals surface area contributed by atoms with Crippen molar-refractivity contribution < 1.29 is 240 Å². The molecule has 5 aromatic rings. The van der Waals surface area contributed by atoms with Crippen LogP contribution in [0.5, 0.6) is 28.7 Å². The summed E-state index contributed by atoms with van der Waals surface area (Å²) in [6, 6.07) is 23.7. The van der Waals surface area contributed by atoms with E-state index in [0.717, 1.165) is 43.4 Å². The molecule has 21 nitrogen and oxygen atoms in total. The standard InChI is InChI=1S/C11H11ClO3.C10H8Cl2O2.C10H9ClO3.C8H7ClO3.C7H5ClO3.C3H5Br.CH2O3.2Cs.H2O4S.H/c1-14-11(13)10-8(12)3-2-4-9(10)15-7-5-6-7;2*11-7-2-1-3-8(9(7)10(12)13)14-6-4-5-6;1-12-8(11)7-5(9)3-2-4-6(7)10;8-4-2-1-3-5(9)6(4)7(10)11;4-3-1-2-3;2-1-4-3;;;1-5(2,3)4;/h2-4,7H,5-6H2,1H3;1-3,6H,4-5H2;1-3,6H,4-5H2,(H,12,13);2-4,10H,1H3;1-3,9H,(H,10,11);3H,1-2H2;1,3H;;;(H2,1,2,3,4);/q;;;;;;;2*+1;;-1/p-1. The summed E-state index contributed by atoms with van der Waals surface area (Å²) in [4.78, 5) is 67.0. The van der Waals surface area contributed by atoms with Crippen molar-refractivity contribution in [2.24, 2.45) is 0 Å². The fourth-order valence-corrected chi connectivity index (χ4v) is 6.95. The minimum atomic E-state index is -4.67. The third-order valence-electron chi connectivity index (χ3n) is 9.31. The molecule has 0 aromatic heterocycles. The number of aromatic carboxylic acids is 2. The van der Waals surface area contributed by atoms with E-state index in [1.807, 2.05) is 0 Å². The number of alkyl halides is 1. The van der Waals surface area contributed by atoms with Crippen LogP contribution in [-0.4, -0.2) is 111 Å². The smallest absolute Gasteiger partial charge is 1.00 e. The number of hydrogen-bond donors (Lipinski definition) is 6. The first-order chi connectivity index (χ1) is 37.2. The molecule has 31 heteroatoms. The van der Waals surface area contributed by atoms with Crippen molar-refractivity contribution in [3.8, 4) is 28.7 Å². The number of aromatic hydroxyl groups is 2. The van der Waals surface area contributed by atoms with Crippen LogP contribution in [0.2, 0.25) is 25.1 Å². The van der Waals surface area contributed by atoms with E-state index >= 15 is 0 Å². The summed E-state index contributed by atoms with van der Waals surface area (Å²) in [7, 11) is -2.11. The molecule has 4 aliphatic carbocycles. The number of carboxylic acids is 2. The second kappa shape index (κ2) is 41.4. The number of methoxy groups -OCH3 is 2. The summed E-state index contributed by atoms with van der Waals surface area (Å²) < 4.78 is 57.2. The average molecular weight is 1580 g/mol. The van der Waals surface area contributed by atoms with Gasteiger partial charge in [0.25, 0.3) is 11.7 Å². The van der Waals surface area contributed by atoms with Crippen LogP contribution in [0.1, 0.15) is 105 Å². The van der Waals surface area contributed by atoms with E-state index in [1.54, 1.807) is 60.7 Å². The van der Waals surface area contributed by atoms with Gasteiger partial charge in [-0.1, -0.05) is 104 Å². The van der Waals surface area contributed by atoms with Gasteiger partial charge in [-0.05, 0) is 124 Å². The first-order valence-electron chi connectivity index (χ1n) is 22.4. The summed E-state index contributed by atoms with van der Waals surface area (Å²) in [6.07, 6.45) is 9.55. The fourth-order valence-electron chi connectivity index (χ4n) is 5.21. The summed E-state index contributed by atoms with van der Waals surface area (Å²) in [5, 5.41) is 44.6. The molecule has 0 saturated heterocycles. The molecule has 0 radical (unpaired) electrons. The first kappa shape index (κ1) is 79.3.